The average Bonchev–Trinajstić information content (AvgIpc) is 2.70. The van der Waals surface area contributed by atoms with Gasteiger partial charge in [0.25, 0.3) is 0 Å². The van der Waals surface area contributed by atoms with Crippen LogP contribution < -0.4 is 0 Å². The first kappa shape index (κ1) is 28.8. The lowest BCUT2D eigenvalue weighted by Crippen LogP contribution is -1.88. The van der Waals surface area contributed by atoms with Crippen LogP contribution in [0.1, 0.15) is 142 Å². The van der Waals surface area contributed by atoms with Gasteiger partial charge in [-0.05, 0) is 12.8 Å². The number of hydrogen-bond acceptors (Lipinski definition) is 3. The summed E-state index contributed by atoms with van der Waals surface area (Å²) < 4.78 is 5.85. The van der Waals surface area contributed by atoms with Gasteiger partial charge in [0, 0.05) is 5.75 Å². The quantitative estimate of drug-likeness (QED) is 0.107. The summed E-state index contributed by atoms with van der Waals surface area (Å²) in [5, 5.41) is 0. The molecule has 0 N–H and O–H groups in total. The SMILES string of the molecule is CCCCCCCCCCCCO[P+](=S)SCCCCCCCCCCCC. The lowest BCUT2D eigenvalue weighted by molar-refractivity contribution is 0.349. The zero-order valence-electron chi connectivity index (χ0n) is 19.2. The van der Waals surface area contributed by atoms with E-state index < -0.39 is 6.13 Å². The van der Waals surface area contributed by atoms with E-state index >= 15 is 0 Å². The number of unbranched alkanes of at least 4 members (excludes halogenated alkanes) is 18. The van der Waals surface area contributed by atoms with Gasteiger partial charge in [-0.2, -0.15) is 4.52 Å². The van der Waals surface area contributed by atoms with Gasteiger partial charge >= 0.3 is 6.13 Å². The molecule has 28 heavy (non-hydrogen) atoms. The predicted molar refractivity (Wildman–Crippen MR) is 136 cm³/mol. The van der Waals surface area contributed by atoms with Crippen LogP contribution in [-0.4, -0.2) is 12.4 Å². The summed E-state index contributed by atoms with van der Waals surface area (Å²) in [6.45, 7) is 5.46. The highest BCUT2D eigenvalue weighted by Gasteiger charge is 2.12. The van der Waals surface area contributed by atoms with Gasteiger partial charge < -0.3 is 0 Å². The standard InChI is InChI=1S/C24H50OPS2/c1-3-5-7-9-11-13-15-17-19-21-23-25-26(27)28-24-22-20-18-16-14-12-10-8-6-4-2/h3-24H2,1-2H3/q+1. The first-order valence-electron chi connectivity index (χ1n) is 12.5. The van der Waals surface area contributed by atoms with Gasteiger partial charge in [-0.3, -0.25) is 0 Å². The summed E-state index contributed by atoms with van der Waals surface area (Å²) in [6, 6.07) is 0. The molecule has 0 aliphatic rings. The molecule has 0 fully saturated rings. The minimum atomic E-state index is -0.653. The lowest BCUT2D eigenvalue weighted by Gasteiger charge is -2.01. The van der Waals surface area contributed by atoms with Crippen molar-refractivity contribution in [2.45, 2.75) is 142 Å². The monoisotopic (exact) mass is 449 g/mol. The average molecular weight is 450 g/mol. The van der Waals surface area contributed by atoms with E-state index in [0.29, 0.717) is 0 Å². The van der Waals surface area contributed by atoms with Crippen molar-refractivity contribution in [2.75, 3.05) is 12.4 Å². The van der Waals surface area contributed by atoms with Gasteiger partial charge in [0.15, 0.2) is 0 Å². The second kappa shape index (κ2) is 25.9. The van der Waals surface area contributed by atoms with Gasteiger partial charge in [0.05, 0.1) is 0 Å². The smallest absolute Gasteiger partial charge is 0.158 e. The van der Waals surface area contributed by atoms with E-state index in [9.17, 15) is 0 Å². The summed E-state index contributed by atoms with van der Waals surface area (Å²) >= 11 is 7.38. The second-order valence-corrected chi connectivity index (χ2v) is 13.1. The Hall–Kier alpha value is 0.830. The molecule has 0 amide bonds. The third kappa shape index (κ3) is 24.9. The molecule has 0 aliphatic heterocycles. The third-order valence-corrected chi connectivity index (χ3v) is 9.23. The molecule has 0 spiro atoms. The van der Waals surface area contributed by atoms with Gasteiger partial charge in [-0.15, -0.1) is 0 Å². The van der Waals surface area contributed by atoms with E-state index in [-0.39, 0.29) is 0 Å². The molecule has 168 valence electrons. The van der Waals surface area contributed by atoms with Gasteiger partial charge in [-0.25, -0.2) is 0 Å². The summed E-state index contributed by atoms with van der Waals surface area (Å²) in [7, 11) is 0. The highest BCUT2D eigenvalue weighted by Crippen LogP contribution is 2.40. The predicted octanol–water partition coefficient (Wildman–Crippen LogP) is 10.4. The van der Waals surface area contributed by atoms with E-state index in [1.54, 1.807) is 0 Å². The minimum absolute atomic E-state index is 0.653. The maximum Gasteiger partial charge on any atom is 0.414 e. The molecule has 0 saturated heterocycles. The summed E-state index contributed by atoms with van der Waals surface area (Å²) in [5.74, 6) is 1.20. The highest BCUT2D eigenvalue weighted by atomic mass is 32.9. The lowest BCUT2D eigenvalue weighted by atomic mass is 10.1. The van der Waals surface area contributed by atoms with Gasteiger partial charge in [-0.1, -0.05) is 129 Å². The fourth-order valence-corrected chi connectivity index (χ4v) is 6.51. The maximum atomic E-state index is 5.85. The Bertz CT molecular complexity index is 285. The fraction of sp³-hybridized carbons (Fsp3) is 1.00. The Labute approximate surface area is 188 Å². The molecular weight excluding hydrogens is 399 g/mol. The summed E-state index contributed by atoms with van der Waals surface area (Å²) in [5.41, 5.74) is 0. The van der Waals surface area contributed by atoms with Crippen LogP contribution in [0.2, 0.25) is 0 Å². The van der Waals surface area contributed by atoms with Crippen molar-refractivity contribution in [2.24, 2.45) is 0 Å². The molecule has 1 atom stereocenters. The van der Waals surface area contributed by atoms with Crippen LogP contribution in [0, 0.1) is 0 Å². The van der Waals surface area contributed by atoms with Crippen LogP contribution in [0.5, 0.6) is 0 Å². The second-order valence-electron chi connectivity index (χ2n) is 8.25. The molecule has 0 aliphatic carbocycles. The minimum Gasteiger partial charge on any atom is -0.158 e. The van der Waals surface area contributed by atoms with Gasteiger partial charge in [0.1, 0.15) is 18.0 Å². The highest BCUT2D eigenvalue weighted by molar-refractivity contribution is 8.62. The first-order valence-corrected chi connectivity index (χ1v) is 16.4. The van der Waals surface area contributed by atoms with E-state index in [4.69, 9.17) is 16.3 Å². The Morgan fingerprint density at radius 1 is 0.536 bits per heavy atom. The van der Waals surface area contributed by atoms with E-state index in [1.807, 2.05) is 11.4 Å². The first-order chi connectivity index (χ1) is 13.8. The van der Waals surface area contributed by atoms with Crippen molar-refractivity contribution in [1.82, 2.24) is 0 Å². The van der Waals surface area contributed by atoms with Crippen molar-refractivity contribution in [1.29, 1.82) is 0 Å². The van der Waals surface area contributed by atoms with Gasteiger partial charge in [0.2, 0.25) is 11.8 Å². The van der Waals surface area contributed by atoms with Crippen LogP contribution in [0.3, 0.4) is 0 Å². The van der Waals surface area contributed by atoms with Crippen molar-refractivity contribution >= 4 is 29.3 Å². The molecule has 0 aromatic carbocycles. The molecular formula is C24H50OPS2+. The molecule has 0 aromatic rings. The Kier molecular flexibility index (Phi) is 26.6. The molecule has 4 heteroatoms. The van der Waals surface area contributed by atoms with Crippen LogP contribution in [-0.2, 0) is 16.3 Å². The Balaban J connectivity index is 3.13. The van der Waals surface area contributed by atoms with Crippen molar-refractivity contribution < 1.29 is 4.52 Å². The topological polar surface area (TPSA) is 9.23 Å². The third-order valence-electron chi connectivity index (χ3n) is 5.39. The normalized spacial score (nSPS) is 11.9. The van der Waals surface area contributed by atoms with E-state index in [2.05, 4.69) is 13.8 Å². The van der Waals surface area contributed by atoms with Crippen LogP contribution in [0.25, 0.3) is 0 Å². The van der Waals surface area contributed by atoms with Crippen molar-refractivity contribution in [3.05, 3.63) is 0 Å². The summed E-state index contributed by atoms with van der Waals surface area (Å²) in [4.78, 5) is 0. The van der Waals surface area contributed by atoms with Crippen molar-refractivity contribution in [3.8, 4) is 0 Å². The van der Waals surface area contributed by atoms with Crippen LogP contribution >= 0.6 is 17.5 Å². The molecule has 0 heterocycles. The molecule has 0 radical (unpaired) electrons. The molecule has 0 aromatic heterocycles. The molecule has 0 saturated carbocycles. The van der Waals surface area contributed by atoms with Crippen LogP contribution in [0.4, 0.5) is 0 Å². The van der Waals surface area contributed by atoms with Crippen LogP contribution in [0.15, 0.2) is 0 Å². The fourth-order valence-electron chi connectivity index (χ4n) is 3.49. The number of hydrogen-bond donors (Lipinski definition) is 0. The maximum absolute atomic E-state index is 5.85. The molecule has 1 unspecified atom stereocenters. The molecule has 1 nitrogen and oxygen atoms in total. The number of rotatable bonds is 24. The zero-order chi connectivity index (χ0) is 20.5. The van der Waals surface area contributed by atoms with E-state index in [0.717, 1.165) is 6.61 Å². The zero-order valence-corrected chi connectivity index (χ0v) is 21.8. The molecule has 0 rings (SSSR count). The van der Waals surface area contributed by atoms with Crippen molar-refractivity contribution in [3.63, 3.8) is 0 Å². The Morgan fingerprint density at radius 3 is 1.32 bits per heavy atom. The largest absolute Gasteiger partial charge is 0.414 e. The van der Waals surface area contributed by atoms with E-state index in [1.165, 1.54) is 134 Å². The summed E-state index contributed by atoms with van der Waals surface area (Å²) in [6.07, 6.45) is 27.2. The molecule has 0 bridgehead atoms. The Morgan fingerprint density at radius 2 is 0.893 bits per heavy atom.